The summed E-state index contributed by atoms with van der Waals surface area (Å²) in [6, 6.07) is 3.66. The topological polar surface area (TPSA) is 104 Å². The normalized spacial score (nSPS) is 11.2. The molecule has 0 atom stereocenters. The summed E-state index contributed by atoms with van der Waals surface area (Å²) < 4.78 is 8.80. The fraction of sp³-hybridized carbons (Fsp3) is 0.357. The van der Waals surface area contributed by atoms with Crippen LogP contribution in [0.3, 0.4) is 0 Å². The number of hydrogen-bond donors (Lipinski definition) is 1. The minimum absolute atomic E-state index is 0.0166. The Bertz CT molecular complexity index is 843. The van der Waals surface area contributed by atoms with Gasteiger partial charge in [-0.05, 0) is 32.9 Å². The number of aromatic nitrogens is 6. The summed E-state index contributed by atoms with van der Waals surface area (Å²) in [5.74, 6) is -0.114. The van der Waals surface area contributed by atoms with Crippen LogP contribution in [-0.4, -0.2) is 35.7 Å². The second-order valence-electron chi connectivity index (χ2n) is 5.44. The molecule has 23 heavy (non-hydrogen) atoms. The van der Waals surface area contributed by atoms with Crippen molar-refractivity contribution in [3.8, 4) is 11.6 Å². The first-order valence-electron chi connectivity index (χ1n) is 7.15. The van der Waals surface area contributed by atoms with E-state index in [0.29, 0.717) is 5.69 Å². The molecule has 0 radical (unpaired) electrons. The largest absolute Gasteiger partial charge is 0.401 e. The van der Waals surface area contributed by atoms with Crippen molar-refractivity contribution in [2.75, 3.05) is 5.32 Å². The summed E-state index contributed by atoms with van der Waals surface area (Å²) in [6.45, 7) is 5.83. The zero-order valence-corrected chi connectivity index (χ0v) is 13.3. The molecule has 1 amide bonds. The Morgan fingerprint density at radius 3 is 2.70 bits per heavy atom. The summed E-state index contributed by atoms with van der Waals surface area (Å²) in [5, 5.41) is 18.7. The monoisotopic (exact) mass is 315 g/mol. The van der Waals surface area contributed by atoms with Gasteiger partial charge in [-0.15, -0.1) is 5.10 Å². The van der Waals surface area contributed by atoms with Crippen molar-refractivity contribution < 1.29 is 9.21 Å². The number of aryl methyl sites for hydroxylation is 2. The molecule has 0 saturated carbocycles. The number of anilines is 1. The highest BCUT2D eigenvalue weighted by Gasteiger charge is 2.17. The van der Waals surface area contributed by atoms with E-state index in [-0.39, 0.29) is 23.6 Å². The van der Waals surface area contributed by atoms with Crippen LogP contribution in [0.25, 0.3) is 11.6 Å². The molecule has 1 N–H and O–H groups in total. The molecule has 0 bridgehead atoms. The number of rotatable bonds is 4. The Morgan fingerprint density at radius 2 is 2.09 bits per heavy atom. The maximum atomic E-state index is 12.1. The summed E-state index contributed by atoms with van der Waals surface area (Å²) in [7, 11) is 1.78. The molecule has 9 heteroatoms. The Labute approximate surface area is 132 Å². The molecule has 3 heterocycles. The van der Waals surface area contributed by atoms with Crippen molar-refractivity contribution in [2.24, 2.45) is 7.05 Å². The van der Waals surface area contributed by atoms with Crippen molar-refractivity contribution in [3.63, 3.8) is 0 Å². The SMILES string of the molecule is Cc1cc(-c2nnc(NC(=O)c3ccn(C(C)C)n3)o2)n(C)n1. The van der Waals surface area contributed by atoms with E-state index in [1.807, 2.05) is 26.8 Å². The molecule has 120 valence electrons. The maximum absolute atomic E-state index is 12.1. The van der Waals surface area contributed by atoms with Crippen LogP contribution in [0.5, 0.6) is 0 Å². The lowest BCUT2D eigenvalue weighted by atomic mass is 10.4. The first-order chi connectivity index (χ1) is 10.9. The van der Waals surface area contributed by atoms with Crippen LogP contribution in [0.2, 0.25) is 0 Å². The average Bonchev–Trinajstić information content (AvgIpc) is 3.18. The van der Waals surface area contributed by atoms with Gasteiger partial charge in [0.2, 0.25) is 0 Å². The third kappa shape index (κ3) is 2.98. The van der Waals surface area contributed by atoms with E-state index in [1.54, 1.807) is 28.7 Å². The molecule has 9 nitrogen and oxygen atoms in total. The Hall–Kier alpha value is -2.97. The second-order valence-corrected chi connectivity index (χ2v) is 5.44. The average molecular weight is 315 g/mol. The molecule has 0 aliphatic carbocycles. The fourth-order valence-corrected chi connectivity index (χ4v) is 2.10. The third-order valence-electron chi connectivity index (χ3n) is 3.24. The van der Waals surface area contributed by atoms with Crippen LogP contribution in [0.4, 0.5) is 6.01 Å². The lowest BCUT2D eigenvalue weighted by Gasteiger charge is -2.03. The standard InChI is InChI=1S/C14H17N7O2/c1-8(2)21-6-5-10(19-21)12(22)15-14-17-16-13(23-14)11-7-9(3)18-20(11)4/h5-8H,1-4H3,(H,15,17,22). The Morgan fingerprint density at radius 1 is 1.30 bits per heavy atom. The van der Waals surface area contributed by atoms with Gasteiger partial charge >= 0.3 is 6.01 Å². The van der Waals surface area contributed by atoms with Gasteiger partial charge in [-0.2, -0.15) is 10.2 Å². The van der Waals surface area contributed by atoms with Gasteiger partial charge in [0.25, 0.3) is 11.8 Å². The van der Waals surface area contributed by atoms with Crippen LogP contribution >= 0.6 is 0 Å². The van der Waals surface area contributed by atoms with E-state index in [2.05, 4.69) is 25.7 Å². The van der Waals surface area contributed by atoms with Gasteiger partial charge in [-0.1, -0.05) is 5.10 Å². The zero-order chi connectivity index (χ0) is 16.6. The predicted molar refractivity (Wildman–Crippen MR) is 81.8 cm³/mol. The highest BCUT2D eigenvalue weighted by atomic mass is 16.4. The molecule has 0 unspecified atom stereocenters. The quantitative estimate of drug-likeness (QED) is 0.787. The first-order valence-corrected chi connectivity index (χ1v) is 7.15. The van der Waals surface area contributed by atoms with E-state index in [9.17, 15) is 4.79 Å². The van der Waals surface area contributed by atoms with Gasteiger partial charge in [-0.3, -0.25) is 19.5 Å². The first kappa shape index (κ1) is 14.9. The number of amides is 1. The van der Waals surface area contributed by atoms with E-state index in [1.165, 1.54) is 0 Å². The summed E-state index contributed by atoms with van der Waals surface area (Å²) >= 11 is 0. The molecule has 0 fully saturated rings. The molecular weight excluding hydrogens is 298 g/mol. The third-order valence-corrected chi connectivity index (χ3v) is 3.24. The van der Waals surface area contributed by atoms with Crippen molar-refractivity contribution in [2.45, 2.75) is 26.8 Å². The predicted octanol–water partition coefficient (Wildman–Crippen LogP) is 1.81. The Balaban J connectivity index is 1.76. The highest BCUT2D eigenvalue weighted by molar-refractivity contribution is 6.01. The maximum Gasteiger partial charge on any atom is 0.322 e. The van der Waals surface area contributed by atoms with Gasteiger partial charge in [-0.25, -0.2) is 0 Å². The molecule has 3 rings (SSSR count). The summed E-state index contributed by atoms with van der Waals surface area (Å²) in [5.41, 5.74) is 1.81. The highest BCUT2D eigenvalue weighted by Crippen LogP contribution is 2.20. The van der Waals surface area contributed by atoms with Crippen molar-refractivity contribution in [1.82, 2.24) is 29.8 Å². The molecule has 3 aromatic heterocycles. The number of nitrogens with one attached hydrogen (secondary N) is 1. The Kier molecular flexibility index (Phi) is 3.68. The minimum Gasteiger partial charge on any atom is -0.401 e. The van der Waals surface area contributed by atoms with Crippen molar-refractivity contribution >= 4 is 11.9 Å². The molecule has 0 spiro atoms. The van der Waals surface area contributed by atoms with Crippen LogP contribution in [0.15, 0.2) is 22.7 Å². The summed E-state index contributed by atoms with van der Waals surface area (Å²) in [6.07, 6.45) is 1.75. The van der Waals surface area contributed by atoms with Gasteiger partial charge < -0.3 is 4.42 Å². The molecule has 0 aromatic carbocycles. The van der Waals surface area contributed by atoms with E-state index in [4.69, 9.17) is 4.42 Å². The number of carbonyl (C=O) groups excluding carboxylic acids is 1. The minimum atomic E-state index is -0.402. The summed E-state index contributed by atoms with van der Waals surface area (Å²) in [4.78, 5) is 12.1. The molecule has 3 aromatic rings. The van der Waals surface area contributed by atoms with E-state index >= 15 is 0 Å². The second kappa shape index (κ2) is 5.67. The molecule has 0 aliphatic heterocycles. The van der Waals surface area contributed by atoms with Gasteiger partial charge in [0, 0.05) is 19.3 Å². The lowest BCUT2D eigenvalue weighted by molar-refractivity contribution is 0.101. The molecule has 0 aliphatic rings. The van der Waals surface area contributed by atoms with E-state index in [0.717, 1.165) is 5.69 Å². The van der Waals surface area contributed by atoms with Crippen molar-refractivity contribution in [3.05, 3.63) is 29.7 Å². The zero-order valence-electron chi connectivity index (χ0n) is 13.3. The van der Waals surface area contributed by atoms with Crippen LogP contribution < -0.4 is 5.32 Å². The van der Waals surface area contributed by atoms with Crippen LogP contribution in [-0.2, 0) is 7.05 Å². The van der Waals surface area contributed by atoms with Crippen LogP contribution in [0.1, 0.15) is 36.1 Å². The van der Waals surface area contributed by atoms with Crippen molar-refractivity contribution in [1.29, 1.82) is 0 Å². The molecular formula is C14H17N7O2. The van der Waals surface area contributed by atoms with Gasteiger partial charge in [0.1, 0.15) is 5.69 Å². The van der Waals surface area contributed by atoms with Gasteiger partial charge in [0.15, 0.2) is 5.69 Å². The number of hydrogen-bond acceptors (Lipinski definition) is 6. The number of carbonyl (C=O) groups is 1. The fourth-order valence-electron chi connectivity index (χ4n) is 2.10. The molecule has 0 saturated heterocycles. The van der Waals surface area contributed by atoms with E-state index < -0.39 is 5.91 Å². The smallest absolute Gasteiger partial charge is 0.322 e. The lowest BCUT2D eigenvalue weighted by Crippen LogP contribution is -2.14. The van der Waals surface area contributed by atoms with Gasteiger partial charge in [0.05, 0.1) is 5.69 Å². The van der Waals surface area contributed by atoms with Crippen LogP contribution in [0, 0.1) is 6.92 Å². The number of nitrogens with zero attached hydrogens (tertiary/aromatic N) is 6.